The third-order valence-electron chi connectivity index (χ3n) is 21.0. The lowest BCUT2D eigenvalue weighted by atomic mass is 10.00. The molecule has 8 aromatic carbocycles. The van der Waals surface area contributed by atoms with Crippen LogP contribution < -0.4 is 29.6 Å². The third-order valence-corrected chi connectivity index (χ3v) is 21.4. The summed E-state index contributed by atoms with van der Waals surface area (Å²) in [6.45, 7) is 20.4. The second kappa shape index (κ2) is 46.5. The average Bonchev–Trinajstić information content (AvgIpc) is 1.73. The molecule has 19 rings (SSSR count). The molecule has 0 aliphatic carbocycles. The summed E-state index contributed by atoms with van der Waals surface area (Å²) in [6.07, 6.45) is 2.70. The Hall–Kier alpha value is -17.1. The summed E-state index contributed by atoms with van der Waals surface area (Å²) in [5.74, 6) is 7.82. The first kappa shape index (κ1) is 99.9. The highest BCUT2D eigenvalue weighted by Gasteiger charge is 2.30. The normalized spacial score (nSPS) is 12.4. The van der Waals surface area contributed by atoms with Crippen LogP contribution in [0, 0.1) is 37.8 Å². The highest BCUT2D eigenvalue weighted by atomic mass is 35.5. The Kier molecular flexibility index (Phi) is 33.6. The zero-order valence-corrected chi connectivity index (χ0v) is 79.7. The number of carbonyl (C=O) groups is 4. The van der Waals surface area contributed by atoms with Crippen molar-refractivity contribution in [3.63, 3.8) is 0 Å². The van der Waals surface area contributed by atoms with Crippen molar-refractivity contribution in [2.24, 2.45) is 56.4 Å². The molecule has 716 valence electrons. The van der Waals surface area contributed by atoms with E-state index in [0.29, 0.717) is 89.3 Å². The van der Waals surface area contributed by atoms with Crippen LogP contribution in [0.25, 0.3) is 90.5 Å². The number of fused-ring (bicyclic) bond motifs is 2. The van der Waals surface area contributed by atoms with Crippen molar-refractivity contribution >= 4 is 57.8 Å². The van der Waals surface area contributed by atoms with Gasteiger partial charge in [-0.05, 0) is 227 Å². The minimum absolute atomic E-state index is 0.0542. The number of allylic oxidation sites excluding steroid dienone is 1. The Balaban J connectivity index is 0.000000143. The molecule has 11 heterocycles. The van der Waals surface area contributed by atoms with Gasteiger partial charge in [0.15, 0.2) is 52.3 Å². The smallest absolute Gasteiger partial charge is 0.410 e. The Morgan fingerprint density at radius 2 is 0.833 bits per heavy atom. The first-order chi connectivity index (χ1) is 66.3. The zero-order chi connectivity index (χ0) is 98.9. The summed E-state index contributed by atoms with van der Waals surface area (Å²) in [5, 5.41) is 109. The molecule has 16 aromatic rings. The van der Waals surface area contributed by atoms with Gasteiger partial charge in [0.05, 0.1) is 19.1 Å². The Morgan fingerprint density at radius 3 is 1.27 bits per heavy atom. The zero-order valence-electron chi connectivity index (χ0n) is 78.9. The maximum Gasteiger partial charge on any atom is 0.410 e. The molecule has 8 aromatic heterocycles. The number of amides is 4. The molecule has 50 heteroatoms. The molecule has 0 radical (unpaired) electrons. The van der Waals surface area contributed by atoms with Gasteiger partial charge in [0.2, 0.25) is 18.6 Å². The van der Waals surface area contributed by atoms with E-state index < -0.39 is 10.5 Å². The van der Waals surface area contributed by atoms with E-state index in [0.717, 1.165) is 105 Å². The number of aromatic nitrogens is 32. The van der Waals surface area contributed by atoms with E-state index in [-0.39, 0.29) is 36.3 Å². The molecule has 0 spiro atoms. The molecular formula is C88H101ClN38O11. The molecule has 4 amide bonds. The van der Waals surface area contributed by atoms with E-state index in [1.807, 2.05) is 144 Å². The number of carbonyl (C=O) groups excluding carboxylic acids is 4. The minimum Gasteiger partial charge on any atom is -0.496 e. The van der Waals surface area contributed by atoms with Crippen LogP contribution in [0.2, 0.25) is 5.02 Å². The molecule has 0 unspecified atom stereocenters. The number of nitrogens with one attached hydrogen (secondary N) is 2. The van der Waals surface area contributed by atoms with Crippen molar-refractivity contribution in [2.75, 3.05) is 78.7 Å². The summed E-state index contributed by atoms with van der Waals surface area (Å²) in [7, 11) is 17.3. The van der Waals surface area contributed by atoms with Crippen LogP contribution in [0.3, 0.4) is 0 Å². The van der Waals surface area contributed by atoms with Gasteiger partial charge in [-0.25, -0.2) is 42.2 Å². The first-order valence-electron chi connectivity index (χ1n) is 42.6. The van der Waals surface area contributed by atoms with E-state index in [1.165, 1.54) is 37.8 Å². The van der Waals surface area contributed by atoms with Crippen molar-refractivity contribution in [3.05, 3.63) is 212 Å². The van der Waals surface area contributed by atoms with E-state index in [1.54, 1.807) is 146 Å². The fourth-order valence-corrected chi connectivity index (χ4v) is 13.9. The molecule has 49 nitrogen and oxygen atoms in total. The van der Waals surface area contributed by atoms with Gasteiger partial charge in [0, 0.05) is 181 Å². The number of nitrogens with zero attached hydrogens (tertiary/aromatic N) is 36. The largest absolute Gasteiger partial charge is 0.496 e. The first-order valence-corrected chi connectivity index (χ1v) is 43.0. The van der Waals surface area contributed by atoms with Crippen LogP contribution in [-0.2, 0) is 65.9 Å². The van der Waals surface area contributed by atoms with E-state index in [9.17, 15) is 29.3 Å². The maximum atomic E-state index is 12.7. The maximum absolute atomic E-state index is 12.7. The van der Waals surface area contributed by atoms with Gasteiger partial charge in [-0.2, -0.15) is 0 Å². The number of nitro benzene ring substituents is 1. The Labute approximate surface area is 794 Å². The number of nitro groups is 1. The van der Waals surface area contributed by atoms with E-state index >= 15 is 0 Å². The molecule has 3 aliphatic rings. The van der Waals surface area contributed by atoms with Crippen LogP contribution >= 0.6 is 11.6 Å². The number of tetrazole rings is 8. The third kappa shape index (κ3) is 25.6. The van der Waals surface area contributed by atoms with Crippen LogP contribution in [-0.4, -0.2) is 284 Å². The fourth-order valence-electron chi connectivity index (χ4n) is 13.7. The van der Waals surface area contributed by atoms with Gasteiger partial charge in [0.25, 0.3) is 17.5 Å². The lowest BCUT2D eigenvalue weighted by Crippen LogP contribution is -2.51. The van der Waals surface area contributed by atoms with Crippen molar-refractivity contribution in [1.29, 1.82) is 0 Å². The lowest BCUT2D eigenvalue weighted by Gasteiger charge is -2.35. The summed E-state index contributed by atoms with van der Waals surface area (Å²) in [6, 6.07) is 47.2. The second-order valence-electron chi connectivity index (χ2n) is 31.7. The number of halogens is 1. The van der Waals surface area contributed by atoms with Gasteiger partial charge in [-0.15, -0.1) is 35.7 Å². The van der Waals surface area contributed by atoms with Gasteiger partial charge in [-0.3, -0.25) is 29.8 Å². The van der Waals surface area contributed by atoms with Gasteiger partial charge in [-0.1, -0.05) is 108 Å². The van der Waals surface area contributed by atoms with Gasteiger partial charge < -0.3 is 43.7 Å². The number of ether oxygens (including phenoxy) is 5. The topological polar surface area (TPSA) is 540 Å². The fraction of sp³-hybridized carbons (Fsp3) is 0.318. The van der Waals surface area contributed by atoms with Gasteiger partial charge >= 0.3 is 6.09 Å². The highest BCUT2D eigenvalue weighted by molar-refractivity contribution is 6.31. The van der Waals surface area contributed by atoms with E-state index in [2.05, 4.69) is 166 Å². The molecule has 3 aliphatic heterocycles. The number of aryl methyl sites for hydroxylation is 11. The molecule has 2 saturated heterocycles. The summed E-state index contributed by atoms with van der Waals surface area (Å²) < 4.78 is 39.0. The van der Waals surface area contributed by atoms with Gasteiger partial charge in [0.1, 0.15) is 17.1 Å². The second-order valence-corrected chi connectivity index (χ2v) is 32.1. The van der Waals surface area contributed by atoms with Crippen molar-refractivity contribution in [1.82, 2.24) is 182 Å². The summed E-state index contributed by atoms with van der Waals surface area (Å²) in [4.78, 5) is 63.7. The van der Waals surface area contributed by atoms with Crippen LogP contribution in [0.15, 0.2) is 164 Å². The lowest BCUT2D eigenvalue weighted by molar-refractivity contribution is -0.385. The Morgan fingerprint density at radius 1 is 0.442 bits per heavy atom. The number of methoxy groups -OCH3 is 2. The quantitative estimate of drug-likeness (QED) is 0.0587. The van der Waals surface area contributed by atoms with E-state index in [4.69, 9.17) is 35.3 Å². The van der Waals surface area contributed by atoms with Crippen molar-refractivity contribution in [2.45, 2.75) is 61.0 Å². The number of hydrogen-bond acceptors (Lipinski definition) is 36. The molecule has 138 heavy (non-hydrogen) atoms. The van der Waals surface area contributed by atoms with Crippen LogP contribution in [0.1, 0.15) is 70.7 Å². The SMILES string of the molecule is C/C=C/C(=O)Nc1nnnn1C.COc1cc(-c2nnnn2C)cc(OC)c1C.Cc1ccc(-c2nnnn2C)c2ccccc12.Cc1ccc(-c2nnnn2C)cc1Cl.Cc1ccc(-c2nnnn2C)cc1[N+](=O)[O-].Cn1nnnc1-c1ccc(C(=O)N2CCN(C(=O)OC(C)(C)C)CC2)cc1.Cn1nnnc1-c1ccc(C(=O)N2CCNCC2)cc1.Cn1nnnc1-c1ccc2c(c1)OCO2. The summed E-state index contributed by atoms with van der Waals surface area (Å²) in [5.41, 5.74) is 10.8. The molecule has 2 N–H and O–H groups in total. The number of anilines is 1. The predicted molar refractivity (Wildman–Crippen MR) is 502 cm³/mol. The average molecular weight is 1900 g/mol. The number of benzene rings is 8. The van der Waals surface area contributed by atoms with Crippen molar-refractivity contribution in [3.8, 4) is 103 Å². The number of hydrogen-bond donors (Lipinski definition) is 2. The molecule has 0 saturated carbocycles. The highest BCUT2D eigenvalue weighted by Crippen LogP contribution is 2.37. The molecular weight excluding hydrogens is 1800 g/mol. The number of rotatable bonds is 14. The predicted octanol–water partition coefficient (Wildman–Crippen LogP) is 8.30. The standard InChI is InChI=1S/C18H24N6O3.C13H16N6O.C13H12N4.C11H14N4O2.C9H9ClN4.C9H9N5O2.C9H8N4O2.C6H9N5O/c1-18(2,3)27-17(26)24-11-9-23(10-12-24)16(25)14-7-5-13(6-8-14)15-19-20-21-22(15)4;1-18-12(15-16-17-18)10-2-4-11(5-3-10)13(20)19-8-6-14-7-9-19;1-9-7-8-12(13-14-15-16-17(13)2)11-6-4-3-5-10(9)11;1-7-9(16-3)5-8(6-10(7)17-4)11-12-13-14-15(11)2;1-6-3-4-7(5-8(6)10)9-11-12-13-14(9)2;1-6-3-4-7(5-8(6)14(15)16)9-10-11-12-13(9)2;1-13-9(10-11-12-13)6-2-3-7-8(4-6)15-5-14-7;1-3-4-5(12)7-6-8-9-10-11(6)2/h5-8H,9-12H2,1-4H3;2-5,14H,6-9H2,1H3;3-8H,1-2H3;5-6H,1-4H3;3-5H,1-2H3;3-5H,1-2H3;2-4H,5H2,1H3;3-4H,1-2H3,(H,7,8,10,12)/b;;;;;;;4-3+. The monoisotopic (exact) mass is 1900 g/mol. The Bertz CT molecular complexity index is 6850. The van der Waals surface area contributed by atoms with Crippen molar-refractivity contribution < 1.29 is 47.8 Å². The minimum atomic E-state index is -0.524. The number of piperazine rings is 2. The summed E-state index contributed by atoms with van der Waals surface area (Å²) >= 11 is 6.01. The molecule has 0 atom stereocenters. The van der Waals surface area contributed by atoms with Crippen LogP contribution in [0.5, 0.6) is 23.0 Å². The molecule has 0 bridgehead atoms. The molecule has 2 fully saturated rings. The van der Waals surface area contributed by atoms with Crippen LogP contribution in [0.4, 0.5) is 16.4 Å².